The van der Waals surface area contributed by atoms with Gasteiger partial charge < -0.3 is 9.32 Å². The third-order valence-corrected chi connectivity index (χ3v) is 12.4. The standard InChI is InChI=1S/C60H39NO/c1-3-17-42(18-4-1)58-54-27-10-9-25-51(54)52-37-36-47(39-56(52)59(58)43-19-5-2-6-20-43)61(45-34-32-41(33-35-45)49-28-14-21-40-16-7-8-24-48(40)49)46-23-13-22-44(38-46)50-29-15-30-55-53-26-11-12-31-57(53)62-60(50)55/h1-39H. The average Bonchev–Trinajstić information content (AvgIpc) is 3.73. The molecule has 0 spiro atoms. The summed E-state index contributed by atoms with van der Waals surface area (Å²) in [5.74, 6) is 0. The first kappa shape index (κ1) is 35.7. The zero-order chi connectivity index (χ0) is 41.0. The van der Waals surface area contributed by atoms with Crippen molar-refractivity contribution in [3.63, 3.8) is 0 Å². The third-order valence-electron chi connectivity index (χ3n) is 12.4. The zero-order valence-electron chi connectivity index (χ0n) is 33.9. The van der Waals surface area contributed by atoms with E-state index in [0.717, 1.165) is 50.1 Å². The molecule has 2 nitrogen and oxygen atoms in total. The fourth-order valence-electron chi connectivity index (χ4n) is 9.63. The minimum atomic E-state index is 0.895. The van der Waals surface area contributed by atoms with E-state index in [4.69, 9.17) is 4.42 Å². The van der Waals surface area contributed by atoms with Crippen molar-refractivity contribution >= 4 is 71.3 Å². The number of para-hydroxylation sites is 2. The van der Waals surface area contributed by atoms with E-state index in [1.165, 1.54) is 65.7 Å². The molecule has 0 amide bonds. The van der Waals surface area contributed by atoms with E-state index in [0.29, 0.717) is 0 Å². The molecule has 0 saturated heterocycles. The molecule has 1 heterocycles. The van der Waals surface area contributed by atoms with Gasteiger partial charge in [-0.15, -0.1) is 0 Å². The Hall–Kier alpha value is -8.20. The molecule has 0 atom stereocenters. The molecule has 12 aromatic rings. The summed E-state index contributed by atoms with van der Waals surface area (Å²) >= 11 is 0. The predicted octanol–water partition coefficient (Wildman–Crippen LogP) is 17.2. The van der Waals surface area contributed by atoms with Gasteiger partial charge in [0.25, 0.3) is 0 Å². The molecule has 0 radical (unpaired) electrons. The van der Waals surface area contributed by atoms with Crippen LogP contribution in [0.15, 0.2) is 241 Å². The quantitative estimate of drug-likeness (QED) is 0.150. The number of hydrogen-bond donors (Lipinski definition) is 0. The fraction of sp³-hybridized carbons (Fsp3) is 0. The van der Waals surface area contributed by atoms with Gasteiger partial charge in [0, 0.05) is 33.4 Å². The SMILES string of the molecule is c1ccc(-c2c(-c3ccccc3)c3cc(N(c4ccc(-c5cccc6ccccc56)cc4)c4cccc(-c5cccc6c5oc5ccccc56)c4)ccc3c3ccccc23)cc1. The van der Waals surface area contributed by atoms with Crippen LogP contribution in [0, 0.1) is 0 Å². The Bertz CT molecular complexity index is 3620. The van der Waals surface area contributed by atoms with Gasteiger partial charge >= 0.3 is 0 Å². The van der Waals surface area contributed by atoms with Gasteiger partial charge in [0.2, 0.25) is 0 Å². The van der Waals surface area contributed by atoms with Crippen LogP contribution in [0.2, 0.25) is 0 Å². The van der Waals surface area contributed by atoms with E-state index in [9.17, 15) is 0 Å². The van der Waals surface area contributed by atoms with E-state index in [1.807, 2.05) is 6.07 Å². The molecule has 0 bridgehead atoms. The van der Waals surface area contributed by atoms with Gasteiger partial charge in [-0.3, -0.25) is 0 Å². The summed E-state index contributed by atoms with van der Waals surface area (Å²) in [5.41, 5.74) is 14.4. The minimum Gasteiger partial charge on any atom is -0.455 e. The molecule has 290 valence electrons. The fourth-order valence-corrected chi connectivity index (χ4v) is 9.63. The highest BCUT2D eigenvalue weighted by atomic mass is 16.3. The molecule has 0 aliphatic rings. The lowest BCUT2D eigenvalue weighted by atomic mass is 9.85. The molecule has 0 N–H and O–H groups in total. The minimum absolute atomic E-state index is 0.895. The summed E-state index contributed by atoms with van der Waals surface area (Å²) in [6, 6.07) is 85.5. The summed E-state index contributed by atoms with van der Waals surface area (Å²) in [4.78, 5) is 2.40. The van der Waals surface area contributed by atoms with Crippen LogP contribution in [0.25, 0.3) is 98.8 Å². The van der Waals surface area contributed by atoms with Crippen LogP contribution in [0.4, 0.5) is 17.1 Å². The highest BCUT2D eigenvalue weighted by Crippen LogP contribution is 2.47. The third kappa shape index (κ3) is 5.96. The Morgan fingerprint density at radius 2 is 0.806 bits per heavy atom. The summed E-state index contributed by atoms with van der Waals surface area (Å²) in [6.45, 7) is 0. The van der Waals surface area contributed by atoms with E-state index >= 15 is 0 Å². The van der Waals surface area contributed by atoms with Gasteiger partial charge in [0.15, 0.2) is 0 Å². The lowest BCUT2D eigenvalue weighted by Gasteiger charge is -2.27. The Morgan fingerprint density at radius 1 is 0.274 bits per heavy atom. The van der Waals surface area contributed by atoms with Gasteiger partial charge in [-0.1, -0.05) is 194 Å². The zero-order valence-corrected chi connectivity index (χ0v) is 33.9. The summed E-state index contributed by atoms with van der Waals surface area (Å²) in [7, 11) is 0. The molecular formula is C60H39NO. The molecule has 11 aromatic carbocycles. The van der Waals surface area contributed by atoms with Crippen molar-refractivity contribution in [2.24, 2.45) is 0 Å². The molecule has 1 aromatic heterocycles. The maximum absolute atomic E-state index is 6.57. The molecular weight excluding hydrogens is 751 g/mol. The van der Waals surface area contributed by atoms with Crippen molar-refractivity contribution in [1.29, 1.82) is 0 Å². The van der Waals surface area contributed by atoms with Gasteiger partial charge in [-0.2, -0.15) is 0 Å². The van der Waals surface area contributed by atoms with Crippen LogP contribution in [0.5, 0.6) is 0 Å². The van der Waals surface area contributed by atoms with Crippen molar-refractivity contribution < 1.29 is 4.42 Å². The number of anilines is 3. The molecule has 0 aliphatic carbocycles. The van der Waals surface area contributed by atoms with Crippen LogP contribution in [0.3, 0.4) is 0 Å². The predicted molar refractivity (Wildman–Crippen MR) is 263 cm³/mol. The maximum Gasteiger partial charge on any atom is 0.143 e. The van der Waals surface area contributed by atoms with Gasteiger partial charge in [0.05, 0.1) is 0 Å². The van der Waals surface area contributed by atoms with Crippen LogP contribution in [-0.2, 0) is 0 Å². The van der Waals surface area contributed by atoms with Crippen molar-refractivity contribution in [3.8, 4) is 44.5 Å². The van der Waals surface area contributed by atoms with Gasteiger partial charge in [-0.25, -0.2) is 0 Å². The maximum atomic E-state index is 6.57. The summed E-state index contributed by atoms with van der Waals surface area (Å²) in [5, 5.41) is 9.63. The number of hydrogen-bond acceptors (Lipinski definition) is 2. The summed E-state index contributed by atoms with van der Waals surface area (Å²) < 4.78 is 6.57. The lowest BCUT2D eigenvalue weighted by molar-refractivity contribution is 0.670. The second-order valence-corrected chi connectivity index (χ2v) is 16.0. The van der Waals surface area contributed by atoms with Crippen LogP contribution in [0.1, 0.15) is 0 Å². The van der Waals surface area contributed by atoms with Crippen LogP contribution in [-0.4, -0.2) is 0 Å². The molecule has 0 fully saturated rings. The van der Waals surface area contributed by atoms with Gasteiger partial charge in [-0.05, 0) is 114 Å². The van der Waals surface area contributed by atoms with Crippen LogP contribution < -0.4 is 4.90 Å². The smallest absolute Gasteiger partial charge is 0.143 e. The molecule has 0 saturated carbocycles. The highest BCUT2D eigenvalue weighted by Gasteiger charge is 2.21. The van der Waals surface area contributed by atoms with Crippen molar-refractivity contribution in [1.82, 2.24) is 0 Å². The molecule has 2 heteroatoms. The normalized spacial score (nSPS) is 11.5. The van der Waals surface area contributed by atoms with E-state index in [1.54, 1.807) is 0 Å². The topological polar surface area (TPSA) is 16.4 Å². The largest absolute Gasteiger partial charge is 0.455 e. The molecule has 62 heavy (non-hydrogen) atoms. The first-order valence-electron chi connectivity index (χ1n) is 21.3. The molecule has 12 rings (SSSR count). The lowest BCUT2D eigenvalue weighted by Crippen LogP contribution is -2.10. The first-order chi connectivity index (χ1) is 30.8. The highest BCUT2D eigenvalue weighted by molar-refractivity contribution is 6.22. The molecule has 0 aliphatic heterocycles. The van der Waals surface area contributed by atoms with E-state index in [-0.39, 0.29) is 0 Å². The van der Waals surface area contributed by atoms with Gasteiger partial charge in [0.1, 0.15) is 11.2 Å². The van der Waals surface area contributed by atoms with E-state index < -0.39 is 0 Å². The Balaban J connectivity index is 1.10. The van der Waals surface area contributed by atoms with E-state index in [2.05, 4.69) is 235 Å². The van der Waals surface area contributed by atoms with Crippen LogP contribution >= 0.6 is 0 Å². The number of furan rings is 1. The monoisotopic (exact) mass is 789 g/mol. The molecule has 0 unspecified atom stereocenters. The number of nitrogens with zero attached hydrogens (tertiary/aromatic N) is 1. The van der Waals surface area contributed by atoms with Crippen molar-refractivity contribution in [3.05, 3.63) is 237 Å². The Labute approximate surface area is 360 Å². The number of fused-ring (bicyclic) bond motifs is 7. The second kappa shape index (κ2) is 14.8. The Morgan fingerprint density at radius 3 is 1.60 bits per heavy atom. The number of rotatable bonds is 7. The summed E-state index contributed by atoms with van der Waals surface area (Å²) in [6.07, 6.45) is 0. The average molecular weight is 790 g/mol. The Kier molecular flexibility index (Phi) is 8.53. The first-order valence-corrected chi connectivity index (χ1v) is 21.3. The van der Waals surface area contributed by atoms with Crippen molar-refractivity contribution in [2.45, 2.75) is 0 Å². The number of benzene rings is 11. The van der Waals surface area contributed by atoms with Crippen molar-refractivity contribution in [2.75, 3.05) is 4.90 Å². The second-order valence-electron chi connectivity index (χ2n) is 16.0.